The molecule has 0 spiro atoms. The van der Waals surface area contributed by atoms with Crippen LogP contribution in [0.1, 0.15) is 25.0 Å². The monoisotopic (exact) mass is 470 g/mol. The summed E-state index contributed by atoms with van der Waals surface area (Å²) in [6, 6.07) is 7.08. The highest BCUT2D eigenvalue weighted by Crippen LogP contribution is 2.31. The van der Waals surface area contributed by atoms with Crippen LogP contribution in [0.4, 0.5) is 16.3 Å². The molecule has 33 heavy (non-hydrogen) atoms. The van der Waals surface area contributed by atoms with Gasteiger partial charge in [-0.3, -0.25) is 15.1 Å². The third-order valence-corrected chi connectivity index (χ3v) is 5.64. The Morgan fingerprint density at radius 1 is 1.24 bits per heavy atom. The van der Waals surface area contributed by atoms with Gasteiger partial charge in [0.05, 0.1) is 23.5 Å². The van der Waals surface area contributed by atoms with E-state index in [4.69, 9.17) is 16.3 Å². The van der Waals surface area contributed by atoms with Crippen molar-refractivity contribution in [3.05, 3.63) is 47.4 Å². The molecule has 0 aliphatic heterocycles. The van der Waals surface area contributed by atoms with Gasteiger partial charge in [0.2, 0.25) is 5.91 Å². The third-order valence-electron chi connectivity index (χ3n) is 5.33. The number of rotatable bonds is 7. The van der Waals surface area contributed by atoms with E-state index in [1.165, 1.54) is 10.9 Å². The van der Waals surface area contributed by atoms with E-state index in [1.54, 1.807) is 44.4 Å². The average molecular weight is 471 g/mol. The van der Waals surface area contributed by atoms with Gasteiger partial charge in [0.15, 0.2) is 11.5 Å². The molecule has 172 valence electrons. The number of aryl methyl sites for hydroxylation is 1. The Bertz CT molecular complexity index is 1170. The first-order valence-corrected chi connectivity index (χ1v) is 10.7. The molecule has 1 fully saturated rings. The molecule has 1 aliphatic carbocycles. The van der Waals surface area contributed by atoms with Crippen molar-refractivity contribution in [1.82, 2.24) is 30.3 Å². The first kappa shape index (κ1) is 22.6. The van der Waals surface area contributed by atoms with Crippen LogP contribution < -0.4 is 16.0 Å². The van der Waals surface area contributed by atoms with Crippen molar-refractivity contribution >= 4 is 35.1 Å². The van der Waals surface area contributed by atoms with E-state index in [0.717, 1.165) is 6.42 Å². The largest absolute Gasteiger partial charge is 0.441 e. The Labute approximate surface area is 194 Å². The maximum Gasteiger partial charge on any atom is 0.413 e. The molecule has 0 radical (unpaired) electrons. The Hall–Kier alpha value is -3.57. The second-order valence-electron chi connectivity index (χ2n) is 7.62. The number of hydrogen-bond acceptors (Lipinski definition) is 8. The summed E-state index contributed by atoms with van der Waals surface area (Å²) in [4.78, 5) is 33.1. The van der Waals surface area contributed by atoms with E-state index in [1.807, 2.05) is 7.05 Å². The molecular weight excluding hydrogens is 448 g/mol. The predicted molar refractivity (Wildman–Crippen MR) is 122 cm³/mol. The van der Waals surface area contributed by atoms with Crippen LogP contribution in [0.5, 0.6) is 0 Å². The summed E-state index contributed by atoms with van der Waals surface area (Å²) in [6.45, 7) is 1.69. The van der Waals surface area contributed by atoms with Crippen LogP contribution in [-0.2, 0) is 16.6 Å². The van der Waals surface area contributed by atoms with Gasteiger partial charge in [0, 0.05) is 24.8 Å². The van der Waals surface area contributed by atoms with Crippen LogP contribution in [0, 0.1) is 5.92 Å². The van der Waals surface area contributed by atoms with Gasteiger partial charge >= 0.3 is 6.09 Å². The van der Waals surface area contributed by atoms with Crippen molar-refractivity contribution in [2.24, 2.45) is 13.0 Å². The minimum Gasteiger partial charge on any atom is -0.441 e. The summed E-state index contributed by atoms with van der Waals surface area (Å²) in [5.41, 5.74) is 1.99. The van der Waals surface area contributed by atoms with Crippen LogP contribution in [0.2, 0.25) is 5.15 Å². The number of anilines is 2. The molecule has 3 heterocycles. The molecule has 3 atom stereocenters. The first-order valence-electron chi connectivity index (χ1n) is 10.3. The van der Waals surface area contributed by atoms with Gasteiger partial charge < -0.3 is 15.4 Å². The number of aromatic nitrogens is 5. The van der Waals surface area contributed by atoms with Crippen molar-refractivity contribution in [3.8, 4) is 11.4 Å². The summed E-state index contributed by atoms with van der Waals surface area (Å²) in [7, 11) is 3.47. The maximum absolute atomic E-state index is 12.5. The topological polar surface area (TPSA) is 136 Å². The molecule has 0 bridgehead atoms. The molecular formula is C21H23ClN8O3. The lowest BCUT2D eigenvalue weighted by Gasteiger charge is -2.15. The summed E-state index contributed by atoms with van der Waals surface area (Å²) in [5, 5.41) is 16.9. The fourth-order valence-corrected chi connectivity index (χ4v) is 3.64. The van der Waals surface area contributed by atoms with Crippen molar-refractivity contribution in [3.63, 3.8) is 0 Å². The lowest BCUT2D eigenvalue weighted by Crippen LogP contribution is -2.20. The SMILES string of the molecule is CN[C@H]1C[C@@H]1C(=O)Nc1ccc(-c2nnn(C)c2NC(=O)O[C@H](C)c2cccnc2Cl)nc1. The number of amides is 2. The first-order chi connectivity index (χ1) is 15.9. The Balaban J connectivity index is 1.42. The maximum atomic E-state index is 12.5. The highest BCUT2D eigenvalue weighted by Gasteiger charge is 2.41. The van der Waals surface area contributed by atoms with E-state index in [2.05, 4.69) is 36.2 Å². The normalized spacial score (nSPS) is 17.8. The lowest BCUT2D eigenvalue weighted by atomic mass is 10.2. The van der Waals surface area contributed by atoms with Crippen LogP contribution in [-0.4, -0.2) is 50.1 Å². The molecule has 3 aromatic heterocycles. The molecule has 3 aromatic rings. The quantitative estimate of drug-likeness (QED) is 0.448. The number of nitrogens with zero attached hydrogens (tertiary/aromatic N) is 5. The van der Waals surface area contributed by atoms with E-state index >= 15 is 0 Å². The van der Waals surface area contributed by atoms with Crippen molar-refractivity contribution in [2.75, 3.05) is 17.7 Å². The van der Waals surface area contributed by atoms with Crippen LogP contribution in [0.25, 0.3) is 11.4 Å². The number of carbonyl (C=O) groups excluding carboxylic acids is 2. The number of nitrogens with one attached hydrogen (secondary N) is 3. The smallest absolute Gasteiger partial charge is 0.413 e. The predicted octanol–water partition coefficient (Wildman–Crippen LogP) is 2.78. The van der Waals surface area contributed by atoms with Gasteiger partial charge in [-0.25, -0.2) is 14.5 Å². The minimum absolute atomic E-state index is 0.0274. The Morgan fingerprint density at radius 3 is 2.73 bits per heavy atom. The molecule has 1 aliphatic rings. The number of carbonyl (C=O) groups is 2. The Kier molecular flexibility index (Phi) is 6.52. The van der Waals surface area contributed by atoms with Crippen LogP contribution >= 0.6 is 11.6 Å². The van der Waals surface area contributed by atoms with Crippen LogP contribution in [0.3, 0.4) is 0 Å². The number of halogens is 1. The lowest BCUT2D eigenvalue weighted by molar-refractivity contribution is -0.117. The summed E-state index contributed by atoms with van der Waals surface area (Å²) in [6.07, 6.45) is 2.59. The van der Waals surface area contributed by atoms with E-state index < -0.39 is 12.2 Å². The van der Waals surface area contributed by atoms with Gasteiger partial charge in [0.1, 0.15) is 11.3 Å². The van der Waals surface area contributed by atoms with Crippen molar-refractivity contribution < 1.29 is 14.3 Å². The number of hydrogen-bond donors (Lipinski definition) is 3. The third kappa shape index (κ3) is 5.10. The van der Waals surface area contributed by atoms with Crippen LogP contribution in [0.15, 0.2) is 36.7 Å². The molecule has 12 heteroatoms. The molecule has 4 rings (SSSR count). The number of ether oxygens (including phenoxy) is 1. The van der Waals surface area contributed by atoms with Gasteiger partial charge in [0.25, 0.3) is 0 Å². The van der Waals surface area contributed by atoms with Gasteiger partial charge in [-0.1, -0.05) is 22.9 Å². The zero-order valence-corrected chi connectivity index (χ0v) is 19.0. The second kappa shape index (κ2) is 9.51. The van der Waals surface area contributed by atoms with Gasteiger partial charge in [-0.05, 0) is 38.6 Å². The standard InChI is InChI=1S/C21H23ClN8O3/c1-11(13-5-4-8-24-18(13)22)33-21(32)27-19-17(28-29-30(19)3)15-7-6-12(10-25-15)26-20(31)14-9-16(14)23-2/h4-8,10-11,14,16,23H,9H2,1-3H3,(H,26,31)(H,27,32)/t11-,14+,16+/m1/s1. The fourth-order valence-electron chi connectivity index (χ4n) is 3.37. The minimum atomic E-state index is -0.707. The molecule has 1 saturated carbocycles. The summed E-state index contributed by atoms with van der Waals surface area (Å²) >= 11 is 6.07. The molecule has 11 nitrogen and oxygen atoms in total. The highest BCUT2D eigenvalue weighted by atomic mass is 35.5. The van der Waals surface area contributed by atoms with E-state index in [-0.39, 0.29) is 23.0 Å². The second-order valence-corrected chi connectivity index (χ2v) is 7.98. The molecule has 3 N–H and O–H groups in total. The van der Waals surface area contributed by atoms with Crippen molar-refractivity contribution in [1.29, 1.82) is 0 Å². The number of pyridine rings is 2. The zero-order valence-electron chi connectivity index (χ0n) is 18.2. The molecule has 2 amide bonds. The average Bonchev–Trinajstić information content (AvgIpc) is 3.52. The highest BCUT2D eigenvalue weighted by molar-refractivity contribution is 6.30. The van der Waals surface area contributed by atoms with E-state index in [9.17, 15) is 9.59 Å². The van der Waals surface area contributed by atoms with Gasteiger partial charge in [-0.2, -0.15) is 0 Å². The molecule has 0 aromatic carbocycles. The molecule has 0 unspecified atom stereocenters. The Morgan fingerprint density at radius 2 is 2.06 bits per heavy atom. The summed E-state index contributed by atoms with van der Waals surface area (Å²) < 4.78 is 6.83. The fraction of sp³-hybridized carbons (Fsp3) is 0.333. The van der Waals surface area contributed by atoms with E-state index in [0.29, 0.717) is 28.5 Å². The summed E-state index contributed by atoms with van der Waals surface area (Å²) in [5.74, 6) is 0.236. The van der Waals surface area contributed by atoms with Gasteiger partial charge in [-0.15, -0.1) is 5.10 Å². The molecule has 0 saturated heterocycles. The van der Waals surface area contributed by atoms with Crippen molar-refractivity contribution in [2.45, 2.75) is 25.5 Å². The zero-order chi connectivity index (χ0) is 23.5.